The number of benzene rings is 1. The van der Waals surface area contributed by atoms with E-state index in [9.17, 15) is 19.7 Å². The summed E-state index contributed by atoms with van der Waals surface area (Å²) in [7, 11) is 0. The molecular formula is C23H19IN4O6. The van der Waals surface area contributed by atoms with Gasteiger partial charge in [0.25, 0.3) is 17.5 Å². The van der Waals surface area contributed by atoms with Crippen molar-refractivity contribution in [1.29, 1.82) is 0 Å². The number of carbonyl (C=O) groups excluding carboxylic acids is 2. The number of ether oxygens (including phenoxy) is 2. The number of hydrogen-bond acceptors (Lipinski definition) is 8. The van der Waals surface area contributed by atoms with E-state index in [1.807, 2.05) is 19.1 Å². The Morgan fingerprint density at radius 2 is 1.94 bits per heavy atom. The molecule has 1 saturated heterocycles. The van der Waals surface area contributed by atoms with E-state index in [1.165, 1.54) is 18.3 Å². The molecule has 2 aliphatic carbocycles. The first-order chi connectivity index (χ1) is 16.4. The molecule has 2 fully saturated rings. The van der Waals surface area contributed by atoms with Crippen molar-refractivity contribution in [2.45, 2.75) is 13.3 Å². The molecule has 4 atom stereocenters. The average Bonchev–Trinajstić information content (AvgIpc) is 3.49. The highest BCUT2D eigenvalue weighted by atomic mass is 127. The minimum Gasteiger partial charge on any atom is -0.490 e. The Hall–Kier alpha value is -3.35. The number of nitro groups is 1. The molecule has 1 aromatic heterocycles. The summed E-state index contributed by atoms with van der Waals surface area (Å²) in [6, 6.07) is 6.16. The number of nitrogens with zero attached hydrogens (tertiary/aromatic N) is 4. The smallest absolute Gasteiger partial charge is 0.287 e. The van der Waals surface area contributed by atoms with Crippen molar-refractivity contribution in [2.24, 2.45) is 28.8 Å². The number of halogens is 1. The van der Waals surface area contributed by atoms with Gasteiger partial charge in [-0.1, -0.05) is 12.2 Å². The second kappa shape index (κ2) is 8.78. The predicted molar refractivity (Wildman–Crippen MR) is 128 cm³/mol. The summed E-state index contributed by atoms with van der Waals surface area (Å²) in [5.41, 5.74) is 0.480. The molecule has 0 unspecified atom stereocenters. The summed E-state index contributed by atoms with van der Waals surface area (Å²) < 4.78 is 12.2. The van der Waals surface area contributed by atoms with Gasteiger partial charge in [-0.25, -0.2) is 4.98 Å². The minimum atomic E-state index is -0.537. The van der Waals surface area contributed by atoms with Crippen LogP contribution in [-0.4, -0.2) is 39.6 Å². The van der Waals surface area contributed by atoms with Gasteiger partial charge in [0.05, 0.1) is 33.2 Å². The lowest BCUT2D eigenvalue weighted by molar-refractivity contribution is -0.385. The summed E-state index contributed by atoms with van der Waals surface area (Å²) in [6.07, 6.45) is 7.53. The van der Waals surface area contributed by atoms with Crippen molar-refractivity contribution in [3.63, 3.8) is 0 Å². The van der Waals surface area contributed by atoms with Crippen molar-refractivity contribution >= 4 is 46.3 Å². The van der Waals surface area contributed by atoms with E-state index in [1.54, 1.807) is 12.1 Å². The fourth-order valence-corrected chi connectivity index (χ4v) is 5.53. The van der Waals surface area contributed by atoms with E-state index in [-0.39, 0.29) is 47.1 Å². The third kappa shape index (κ3) is 3.83. The predicted octanol–water partition coefficient (Wildman–Crippen LogP) is 3.93. The fourth-order valence-electron chi connectivity index (χ4n) is 4.79. The second-order valence-electron chi connectivity index (χ2n) is 8.21. The van der Waals surface area contributed by atoms with E-state index < -0.39 is 4.92 Å². The maximum atomic E-state index is 12.8. The van der Waals surface area contributed by atoms with Gasteiger partial charge in [-0.05, 0) is 65.5 Å². The highest BCUT2D eigenvalue weighted by Crippen LogP contribution is 2.52. The molecule has 2 heterocycles. The average molecular weight is 574 g/mol. The molecular weight excluding hydrogens is 555 g/mol. The zero-order valence-corrected chi connectivity index (χ0v) is 20.1. The molecule has 10 nitrogen and oxygen atoms in total. The highest BCUT2D eigenvalue weighted by Gasteiger charge is 2.59. The van der Waals surface area contributed by atoms with E-state index in [2.05, 4.69) is 32.7 Å². The van der Waals surface area contributed by atoms with Crippen LogP contribution in [0.1, 0.15) is 18.9 Å². The van der Waals surface area contributed by atoms with Crippen LogP contribution in [0, 0.1) is 37.4 Å². The van der Waals surface area contributed by atoms with E-state index in [0.29, 0.717) is 27.2 Å². The first-order valence-electron chi connectivity index (χ1n) is 10.7. The van der Waals surface area contributed by atoms with E-state index in [0.717, 1.165) is 17.6 Å². The molecule has 34 heavy (non-hydrogen) atoms. The van der Waals surface area contributed by atoms with Crippen molar-refractivity contribution in [2.75, 3.05) is 6.61 Å². The first-order valence-corrected chi connectivity index (χ1v) is 11.8. The van der Waals surface area contributed by atoms with Gasteiger partial charge in [0.2, 0.25) is 5.88 Å². The number of amides is 2. The second-order valence-corrected chi connectivity index (χ2v) is 9.37. The summed E-state index contributed by atoms with van der Waals surface area (Å²) in [5, 5.41) is 16.1. The maximum Gasteiger partial charge on any atom is 0.287 e. The lowest BCUT2D eigenvalue weighted by atomic mass is 9.85. The van der Waals surface area contributed by atoms with Crippen LogP contribution in [0.2, 0.25) is 0 Å². The molecule has 11 heteroatoms. The summed E-state index contributed by atoms with van der Waals surface area (Å²) in [5.74, 6) is 0.143. The van der Waals surface area contributed by atoms with Crippen LogP contribution < -0.4 is 9.47 Å². The van der Waals surface area contributed by atoms with Crippen LogP contribution in [-0.2, 0) is 9.59 Å². The monoisotopic (exact) mass is 574 g/mol. The topological polar surface area (TPSA) is 124 Å². The maximum absolute atomic E-state index is 12.8. The van der Waals surface area contributed by atoms with Crippen LogP contribution >= 0.6 is 22.6 Å². The molecule has 2 bridgehead atoms. The van der Waals surface area contributed by atoms with Crippen molar-refractivity contribution in [3.05, 3.63) is 61.9 Å². The molecule has 5 rings (SSSR count). The van der Waals surface area contributed by atoms with Gasteiger partial charge in [-0.2, -0.15) is 10.1 Å². The van der Waals surface area contributed by atoms with E-state index >= 15 is 0 Å². The van der Waals surface area contributed by atoms with Gasteiger partial charge in [0.1, 0.15) is 6.20 Å². The third-order valence-corrected chi connectivity index (χ3v) is 7.04. The molecule has 3 aliphatic rings. The zero-order valence-electron chi connectivity index (χ0n) is 18.0. The first kappa shape index (κ1) is 22.4. The lowest BCUT2D eigenvalue weighted by Crippen LogP contribution is -2.28. The van der Waals surface area contributed by atoms with Gasteiger partial charge >= 0.3 is 0 Å². The Kier molecular flexibility index (Phi) is 5.80. The van der Waals surface area contributed by atoms with Gasteiger partial charge in [-0.3, -0.25) is 19.7 Å². The number of hydrazone groups is 1. The highest BCUT2D eigenvalue weighted by molar-refractivity contribution is 14.1. The third-order valence-electron chi connectivity index (χ3n) is 6.24. The summed E-state index contributed by atoms with van der Waals surface area (Å²) in [4.78, 5) is 39.9. The van der Waals surface area contributed by atoms with Gasteiger partial charge in [0.15, 0.2) is 11.5 Å². The number of pyridine rings is 1. The van der Waals surface area contributed by atoms with Crippen molar-refractivity contribution in [1.82, 2.24) is 9.99 Å². The van der Waals surface area contributed by atoms with Gasteiger partial charge in [-0.15, -0.1) is 0 Å². The Bertz CT molecular complexity index is 1210. The summed E-state index contributed by atoms with van der Waals surface area (Å²) in [6.45, 7) is 2.19. The number of carbonyl (C=O) groups is 2. The Morgan fingerprint density at radius 3 is 2.53 bits per heavy atom. The van der Waals surface area contributed by atoms with Crippen molar-refractivity contribution in [3.8, 4) is 17.4 Å². The number of allylic oxidation sites excluding steroid dienone is 2. The standard InChI is InChI=1S/C23H19IN4O6/c1-2-33-17-8-12(7-16(24)21(17)34-18-6-5-15(11-25-18)28(31)32)10-26-27-22(29)19-13-3-4-14(9-13)20(19)23(27)30/h3-8,10-11,13-14,19-20H,2,9H2,1H3/t13-,14-,19-,20+/m0/s1. The van der Waals surface area contributed by atoms with Gasteiger partial charge < -0.3 is 9.47 Å². The Morgan fingerprint density at radius 1 is 1.24 bits per heavy atom. The summed E-state index contributed by atoms with van der Waals surface area (Å²) >= 11 is 2.07. The van der Waals surface area contributed by atoms with Crippen LogP contribution in [0.5, 0.6) is 17.4 Å². The lowest BCUT2D eigenvalue weighted by Gasteiger charge is -2.14. The number of rotatable bonds is 7. The number of hydrogen-bond donors (Lipinski definition) is 0. The van der Waals surface area contributed by atoms with Crippen LogP contribution in [0.4, 0.5) is 5.69 Å². The zero-order chi connectivity index (χ0) is 24.0. The van der Waals surface area contributed by atoms with Crippen LogP contribution in [0.25, 0.3) is 0 Å². The molecule has 0 radical (unpaired) electrons. The SMILES string of the molecule is CCOc1cc(C=NN2C(=O)[C@@H]3[C@H](C2=O)[C@H]2C=C[C@H]3C2)cc(I)c1Oc1ccc([N+](=O)[O-])cn1. The molecule has 1 aliphatic heterocycles. The molecule has 0 N–H and O–H groups in total. The largest absolute Gasteiger partial charge is 0.490 e. The van der Waals surface area contributed by atoms with Gasteiger partial charge in [0, 0.05) is 12.1 Å². The van der Waals surface area contributed by atoms with E-state index in [4.69, 9.17) is 9.47 Å². The molecule has 0 spiro atoms. The Labute approximate surface area is 207 Å². The molecule has 1 saturated carbocycles. The quantitative estimate of drug-likeness (QED) is 0.123. The number of fused-ring (bicyclic) bond motifs is 5. The van der Waals surface area contributed by atoms with Crippen LogP contribution in [0.3, 0.4) is 0 Å². The molecule has 1 aromatic carbocycles. The number of aromatic nitrogens is 1. The molecule has 2 amide bonds. The fraction of sp³-hybridized carbons (Fsp3) is 0.304. The molecule has 174 valence electrons. The van der Waals surface area contributed by atoms with Crippen LogP contribution in [0.15, 0.2) is 47.7 Å². The normalized spacial score (nSPS) is 24.8. The minimum absolute atomic E-state index is 0.126. The Balaban J connectivity index is 1.38. The van der Waals surface area contributed by atoms with Crippen molar-refractivity contribution < 1.29 is 24.0 Å². The number of imide groups is 1. The molecule has 2 aromatic rings.